The summed E-state index contributed by atoms with van der Waals surface area (Å²) in [5.41, 5.74) is 0.964. The summed E-state index contributed by atoms with van der Waals surface area (Å²) >= 11 is 12.5. The van der Waals surface area contributed by atoms with Crippen LogP contribution in [0.4, 0.5) is 13.2 Å². The molecule has 2 heterocycles. The Hall–Kier alpha value is -3.12. The van der Waals surface area contributed by atoms with Gasteiger partial charge in [-0.1, -0.05) is 47.5 Å². The molecule has 0 unspecified atom stereocenters. The second-order valence-electron chi connectivity index (χ2n) is 8.50. The van der Waals surface area contributed by atoms with Gasteiger partial charge in [-0.15, -0.1) is 5.10 Å². The van der Waals surface area contributed by atoms with Crippen LogP contribution in [0.2, 0.25) is 10.2 Å². The Morgan fingerprint density at radius 2 is 1.73 bits per heavy atom. The molecule has 37 heavy (non-hydrogen) atoms. The van der Waals surface area contributed by atoms with E-state index in [-0.39, 0.29) is 29.0 Å². The number of aryl methyl sites for hydroxylation is 1. The van der Waals surface area contributed by atoms with E-state index in [4.69, 9.17) is 23.2 Å². The minimum absolute atomic E-state index is 0.0273. The van der Waals surface area contributed by atoms with Gasteiger partial charge in [0.05, 0.1) is 24.5 Å². The van der Waals surface area contributed by atoms with Crippen molar-refractivity contribution in [2.45, 2.75) is 45.3 Å². The SMILES string of the molecule is Cc1cccc(-n2nc(Cn3c(Cl)c(-c4ccc(Cl)cc4)n(C[C@H](O)C(F)(F)F)c3=O)nc2[C@H](C)O)c1. The Labute approximate surface area is 219 Å². The number of hydrogen-bond donors (Lipinski definition) is 2. The number of benzene rings is 2. The van der Waals surface area contributed by atoms with Crippen molar-refractivity contribution in [2.24, 2.45) is 0 Å². The van der Waals surface area contributed by atoms with Crippen molar-refractivity contribution in [3.05, 3.63) is 86.4 Å². The molecule has 196 valence electrons. The molecule has 4 aromatic rings. The summed E-state index contributed by atoms with van der Waals surface area (Å²) in [6, 6.07) is 13.3. The van der Waals surface area contributed by atoms with Crippen LogP contribution in [0.1, 0.15) is 30.2 Å². The number of aliphatic hydroxyl groups is 2. The first-order chi connectivity index (χ1) is 17.4. The third-order valence-corrected chi connectivity index (χ3v) is 6.25. The number of hydrogen-bond acceptors (Lipinski definition) is 5. The van der Waals surface area contributed by atoms with E-state index in [2.05, 4.69) is 10.1 Å². The summed E-state index contributed by atoms with van der Waals surface area (Å²) in [4.78, 5) is 17.6. The number of aliphatic hydroxyl groups excluding tert-OH is 2. The Bertz CT molecular complexity index is 1480. The van der Waals surface area contributed by atoms with E-state index in [0.717, 1.165) is 14.7 Å². The minimum Gasteiger partial charge on any atom is -0.385 e. The van der Waals surface area contributed by atoms with Crippen molar-refractivity contribution in [3.8, 4) is 16.9 Å². The lowest BCUT2D eigenvalue weighted by Gasteiger charge is -2.16. The van der Waals surface area contributed by atoms with Crippen LogP contribution in [-0.4, -0.2) is 46.4 Å². The molecule has 0 saturated heterocycles. The molecule has 4 rings (SSSR count). The summed E-state index contributed by atoms with van der Waals surface area (Å²) in [6.07, 6.45) is -8.76. The van der Waals surface area contributed by atoms with Gasteiger partial charge in [0.15, 0.2) is 17.8 Å². The summed E-state index contributed by atoms with van der Waals surface area (Å²) in [5, 5.41) is 24.6. The van der Waals surface area contributed by atoms with E-state index in [1.54, 1.807) is 6.07 Å². The molecule has 0 radical (unpaired) electrons. The van der Waals surface area contributed by atoms with E-state index < -0.39 is 30.6 Å². The number of imidazole rings is 1. The number of nitrogens with zero attached hydrogens (tertiary/aromatic N) is 5. The fourth-order valence-corrected chi connectivity index (χ4v) is 4.30. The van der Waals surface area contributed by atoms with Crippen LogP contribution >= 0.6 is 23.2 Å². The zero-order chi connectivity index (χ0) is 27.1. The van der Waals surface area contributed by atoms with Crippen molar-refractivity contribution in [1.82, 2.24) is 23.9 Å². The highest BCUT2D eigenvalue weighted by Gasteiger charge is 2.39. The van der Waals surface area contributed by atoms with Crippen molar-refractivity contribution >= 4 is 23.2 Å². The van der Waals surface area contributed by atoms with Gasteiger partial charge in [0.1, 0.15) is 11.3 Å². The topological polar surface area (TPSA) is 98.1 Å². The van der Waals surface area contributed by atoms with Crippen LogP contribution in [0.3, 0.4) is 0 Å². The Balaban J connectivity index is 1.82. The normalized spacial score (nSPS) is 13.6. The Kier molecular flexibility index (Phi) is 7.52. The fourth-order valence-electron chi connectivity index (χ4n) is 3.83. The second-order valence-corrected chi connectivity index (χ2v) is 9.29. The first-order valence-corrected chi connectivity index (χ1v) is 11.8. The van der Waals surface area contributed by atoms with Crippen molar-refractivity contribution in [2.75, 3.05) is 0 Å². The van der Waals surface area contributed by atoms with Crippen LogP contribution in [-0.2, 0) is 13.1 Å². The maximum Gasteiger partial charge on any atom is 0.416 e. The number of aromatic nitrogens is 5. The van der Waals surface area contributed by atoms with Crippen LogP contribution in [0.5, 0.6) is 0 Å². The maximum atomic E-state index is 13.3. The number of halogens is 5. The molecule has 0 amide bonds. The minimum atomic E-state index is -4.95. The molecule has 0 aliphatic rings. The zero-order valence-electron chi connectivity index (χ0n) is 19.6. The molecule has 0 bridgehead atoms. The van der Waals surface area contributed by atoms with E-state index in [1.165, 1.54) is 35.9 Å². The molecule has 2 aromatic carbocycles. The van der Waals surface area contributed by atoms with Crippen LogP contribution < -0.4 is 5.69 Å². The van der Waals surface area contributed by atoms with Gasteiger partial charge >= 0.3 is 11.9 Å². The molecular weight excluding hydrogens is 534 g/mol. The summed E-state index contributed by atoms with van der Waals surface area (Å²) in [6.45, 7) is 2.02. The highest BCUT2D eigenvalue weighted by Crippen LogP contribution is 2.31. The molecule has 2 atom stereocenters. The van der Waals surface area contributed by atoms with Crippen molar-refractivity contribution in [1.29, 1.82) is 0 Å². The van der Waals surface area contributed by atoms with Crippen LogP contribution in [0.15, 0.2) is 53.3 Å². The average Bonchev–Trinajstić information content (AvgIpc) is 3.35. The standard InChI is InChI=1S/C24H22Cl2F3N5O3/c1-13-4-3-5-17(10-13)34-22(14(2)35)30-19(31-34)12-33-21(26)20(15-6-8-16(25)9-7-15)32(23(33)37)11-18(36)24(27,28)29/h3-10,14,18,35-36H,11-12H2,1-2H3/t14-,18-/m0/s1. The molecule has 0 spiro atoms. The number of rotatable bonds is 7. The van der Waals surface area contributed by atoms with Crippen molar-refractivity contribution in [3.63, 3.8) is 0 Å². The molecule has 0 aliphatic heterocycles. The Morgan fingerprint density at radius 1 is 1.05 bits per heavy atom. The van der Waals surface area contributed by atoms with Gasteiger partial charge in [0, 0.05) is 10.6 Å². The molecule has 0 fully saturated rings. The van der Waals surface area contributed by atoms with E-state index >= 15 is 0 Å². The van der Waals surface area contributed by atoms with E-state index in [0.29, 0.717) is 16.3 Å². The first-order valence-electron chi connectivity index (χ1n) is 11.1. The third-order valence-electron chi connectivity index (χ3n) is 5.61. The summed E-state index contributed by atoms with van der Waals surface area (Å²) in [5.74, 6) is 0.298. The smallest absolute Gasteiger partial charge is 0.385 e. The van der Waals surface area contributed by atoms with Crippen LogP contribution in [0, 0.1) is 6.92 Å². The van der Waals surface area contributed by atoms with Gasteiger partial charge in [-0.05, 0) is 43.7 Å². The largest absolute Gasteiger partial charge is 0.416 e. The first kappa shape index (κ1) is 26.9. The molecule has 8 nitrogen and oxygen atoms in total. The van der Waals surface area contributed by atoms with E-state index in [9.17, 15) is 28.2 Å². The highest BCUT2D eigenvalue weighted by molar-refractivity contribution is 6.32. The second kappa shape index (κ2) is 10.3. The lowest BCUT2D eigenvalue weighted by Crippen LogP contribution is -2.37. The quantitative estimate of drug-likeness (QED) is 0.349. The molecule has 0 aliphatic carbocycles. The summed E-state index contributed by atoms with van der Waals surface area (Å²) in [7, 11) is 0. The predicted molar refractivity (Wildman–Crippen MR) is 132 cm³/mol. The lowest BCUT2D eigenvalue weighted by molar-refractivity contribution is -0.207. The van der Waals surface area contributed by atoms with Gasteiger partial charge in [0.25, 0.3) is 0 Å². The van der Waals surface area contributed by atoms with Crippen LogP contribution in [0.25, 0.3) is 16.9 Å². The zero-order valence-corrected chi connectivity index (χ0v) is 21.1. The Morgan fingerprint density at radius 3 is 2.32 bits per heavy atom. The molecule has 0 saturated carbocycles. The molecule has 2 N–H and O–H groups in total. The van der Waals surface area contributed by atoms with Gasteiger partial charge in [-0.2, -0.15) is 13.2 Å². The van der Waals surface area contributed by atoms with Gasteiger partial charge in [-0.3, -0.25) is 9.13 Å². The molecule has 2 aromatic heterocycles. The molecule has 13 heteroatoms. The molecular formula is C24H22Cl2F3N5O3. The maximum absolute atomic E-state index is 13.3. The predicted octanol–water partition coefficient (Wildman–Crippen LogP) is 4.54. The third kappa shape index (κ3) is 5.59. The monoisotopic (exact) mass is 555 g/mol. The van der Waals surface area contributed by atoms with Gasteiger partial charge in [-0.25, -0.2) is 14.5 Å². The van der Waals surface area contributed by atoms with Gasteiger partial charge < -0.3 is 10.2 Å². The average molecular weight is 556 g/mol. The highest BCUT2D eigenvalue weighted by atomic mass is 35.5. The van der Waals surface area contributed by atoms with E-state index in [1.807, 2.05) is 25.1 Å². The summed E-state index contributed by atoms with van der Waals surface area (Å²) < 4.78 is 42.7. The van der Waals surface area contributed by atoms with Crippen molar-refractivity contribution < 1.29 is 23.4 Å². The lowest BCUT2D eigenvalue weighted by atomic mass is 10.1. The fraction of sp³-hybridized carbons (Fsp3) is 0.292. The number of alkyl halides is 3. The van der Waals surface area contributed by atoms with Gasteiger partial charge in [0.2, 0.25) is 0 Å².